The fourth-order valence-electron chi connectivity index (χ4n) is 5.59. The van der Waals surface area contributed by atoms with Gasteiger partial charge in [0, 0.05) is 39.5 Å². The van der Waals surface area contributed by atoms with Gasteiger partial charge in [0.15, 0.2) is 11.6 Å². The zero-order chi connectivity index (χ0) is 30.8. The van der Waals surface area contributed by atoms with Crippen molar-refractivity contribution in [1.29, 1.82) is 0 Å². The number of nitrogens with two attached hydrogens (primary N) is 1. The third kappa shape index (κ3) is 6.06. The van der Waals surface area contributed by atoms with Gasteiger partial charge in [-0.15, -0.1) is 0 Å². The molecule has 2 heterocycles. The molecule has 5 aromatic rings. The number of carbonyl (C=O) groups is 1. The molecular weight excluding hydrogens is 602 g/mol. The molecule has 0 radical (unpaired) electrons. The van der Waals surface area contributed by atoms with Gasteiger partial charge in [-0.1, -0.05) is 72.6 Å². The van der Waals surface area contributed by atoms with Gasteiger partial charge in [0.05, 0.1) is 28.0 Å². The smallest absolute Gasteiger partial charge is 0.198 e. The summed E-state index contributed by atoms with van der Waals surface area (Å²) in [6.07, 6.45) is 8.04. The lowest BCUT2D eigenvalue weighted by atomic mass is 10.00. The van der Waals surface area contributed by atoms with Gasteiger partial charge in [-0.05, 0) is 62.1 Å². The van der Waals surface area contributed by atoms with Crippen molar-refractivity contribution in [2.24, 2.45) is 5.73 Å². The van der Waals surface area contributed by atoms with E-state index in [-0.39, 0.29) is 21.4 Å². The Morgan fingerprint density at radius 1 is 1.02 bits per heavy atom. The predicted octanol–water partition coefficient (Wildman–Crippen LogP) is 8.22. The molecule has 3 N–H and O–H groups in total. The van der Waals surface area contributed by atoms with E-state index in [4.69, 9.17) is 17.3 Å². The summed E-state index contributed by atoms with van der Waals surface area (Å²) in [6.45, 7) is 1.42. The summed E-state index contributed by atoms with van der Waals surface area (Å²) in [5, 5.41) is 15.9. The number of carbonyl (C=O) groups excluding carboxylic acids is 1. The molecule has 1 atom stereocenters. The second-order valence-corrected chi connectivity index (χ2v) is 12.6. The van der Waals surface area contributed by atoms with Gasteiger partial charge < -0.3 is 15.4 Å². The highest BCUT2D eigenvalue weighted by atomic mass is 35.5. The van der Waals surface area contributed by atoms with Crippen molar-refractivity contribution in [3.05, 3.63) is 107 Å². The van der Waals surface area contributed by atoms with Crippen LogP contribution in [0.15, 0.2) is 82.8 Å². The van der Waals surface area contributed by atoms with Gasteiger partial charge in [-0.2, -0.15) is 5.10 Å². The van der Waals surface area contributed by atoms with Crippen molar-refractivity contribution in [1.82, 2.24) is 14.3 Å². The van der Waals surface area contributed by atoms with Crippen LogP contribution in [0, 0.1) is 11.6 Å². The van der Waals surface area contributed by atoms with Gasteiger partial charge in [0.2, 0.25) is 0 Å². The molecule has 6 rings (SSSR count). The standard InChI is InChI=1S/C34H33ClF2N4O2S/c35-26-16-15-25-31(29(26)37)41(23-19-39-40(20-23)18-7-2-1-6-17-38)30(21-13-14-21)34(25)44-27-12-8-11-24(28(27)36)33(43)32(42)22-9-4-3-5-10-22/h3-5,8-12,15-16,19-21,32,42H,1-2,6-7,13-14,17-18,38H2. The van der Waals surface area contributed by atoms with E-state index >= 15 is 8.78 Å². The van der Waals surface area contributed by atoms with Crippen LogP contribution in [0.4, 0.5) is 8.78 Å². The number of rotatable bonds is 13. The molecular formula is C34H33ClF2N4O2S. The molecule has 1 fully saturated rings. The largest absolute Gasteiger partial charge is 0.380 e. The van der Waals surface area contributed by atoms with Crippen molar-refractivity contribution in [3.63, 3.8) is 0 Å². The van der Waals surface area contributed by atoms with Crippen LogP contribution in [0.25, 0.3) is 16.6 Å². The maximum absolute atomic E-state index is 16.0. The molecule has 0 aliphatic heterocycles. The molecule has 228 valence electrons. The van der Waals surface area contributed by atoms with Gasteiger partial charge in [0.25, 0.3) is 0 Å². The van der Waals surface area contributed by atoms with Gasteiger partial charge >= 0.3 is 0 Å². The number of ketones is 1. The van der Waals surface area contributed by atoms with Crippen molar-refractivity contribution < 1.29 is 18.7 Å². The van der Waals surface area contributed by atoms with E-state index in [0.29, 0.717) is 33.6 Å². The maximum Gasteiger partial charge on any atom is 0.198 e. The molecule has 0 bridgehead atoms. The minimum absolute atomic E-state index is 0.00360. The van der Waals surface area contributed by atoms with Crippen LogP contribution in [-0.4, -0.2) is 31.8 Å². The molecule has 1 aliphatic carbocycles. The third-order valence-corrected chi connectivity index (χ3v) is 9.46. The number of aromatic nitrogens is 3. The lowest BCUT2D eigenvalue weighted by Gasteiger charge is -2.13. The number of aliphatic hydroxyl groups excluding tert-OH is 1. The molecule has 0 spiro atoms. The number of benzene rings is 3. The summed E-state index contributed by atoms with van der Waals surface area (Å²) in [5.74, 6) is -1.86. The molecule has 10 heteroatoms. The van der Waals surface area contributed by atoms with E-state index in [1.54, 1.807) is 54.7 Å². The number of aryl methyl sites for hydroxylation is 1. The van der Waals surface area contributed by atoms with Crippen LogP contribution >= 0.6 is 23.4 Å². The highest BCUT2D eigenvalue weighted by Crippen LogP contribution is 2.51. The summed E-state index contributed by atoms with van der Waals surface area (Å²) in [5.41, 5.74) is 7.69. The first-order chi connectivity index (χ1) is 21.4. The molecule has 44 heavy (non-hydrogen) atoms. The van der Waals surface area contributed by atoms with Crippen molar-refractivity contribution in [3.8, 4) is 5.69 Å². The number of hydrogen-bond donors (Lipinski definition) is 2. The Hall–Kier alpha value is -3.50. The average Bonchev–Trinajstić information content (AvgIpc) is 3.68. The van der Waals surface area contributed by atoms with Gasteiger partial charge in [-0.3, -0.25) is 9.48 Å². The van der Waals surface area contributed by atoms with Crippen molar-refractivity contribution >= 4 is 40.0 Å². The number of halogens is 3. The van der Waals surface area contributed by atoms with E-state index in [0.717, 1.165) is 62.5 Å². The molecule has 6 nitrogen and oxygen atoms in total. The number of nitrogens with zero attached hydrogens (tertiary/aromatic N) is 3. The van der Waals surface area contributed by atoms with Crippen LogP contribution in [-0.2, 0) is 6.54 Å². The third-order valence-electron chi connectivity index (χ3n) is 8.00. The quantitative estimate of drug-likeness (QED) is 0.101. The Balaban J connectivity index is 1.39. The number of hydrogen-bond acceptors (Lipinski definition) is 5. The molecule has 0 saturated heterocycles. The van der Waals surface area contributed by atoms with E-state index < -0.39 is 23.5 Å². The molecule has 1 unspecified atom stereocenters. The van der Waals surface area contributed by atoms with Crippen LogP contribution in [0.3, 0.4) is 0 Å². The fraction of sp³-hybridized carbons (Fsp3) is 0.294. The maximum atomic E-state index is 16.0. The summed E-state index contributed by atoms with van der Waals surface area (Å²) in [7, 11) is 0. The van der Waals surface area contributed by atoms with Crippen molar-refractivity contribution in [2.75, 3.05) is 6.54 Å². The first-order valence-corrected chi connectivity index (χ1v) is 16.1. The van der Waals surface area contributed by atoms with E-state index in [1.165, 1.54) is 12.1 Å². The lowest BCUT2D eigenvalue weighted by molar-refractivity contribution is 0.0742. The average molecular weight is 635 g/mol. The Kier molecular flexibility index (Phi) is 9.18. The van der Waals surface area contributed by atoms with Crippen LogP contribution in [0.1, 0.15) is 72.2 Å². The highest BCUT2D eigenvalue weighted by Gasteiger charge is 2.35. The summed E-state index contributed by atoms with van der Waals surface area (Å²) in [4.78, 5) is 14.1. The minimum Gasteiger partial charge on any atom is -0.380 e. The summed E-state index contributed by atoms with van der Waals surface area (Å²) in [6, 6.07) is 16.3. The predicted molar refractivity (Wildman–Crippen MR) is 170 cm³/mol. The second kappa shape index (κ2) is 13.2. The normalized spacial score (nSPS) is 13.9. The Morgan fingerprint density at radius 3 is 2.55 bits per heavy atom. The zero-order valence-corrected chi connectivity index (χ0v) is 25.6. The molecule has 0 amide bonds. The first kappa shape index (κ1) is 30.5. The monoisotopic (exact) mass is 634 g/mol. The molecule has 1 saturated carbocycles. The topological polar surface area (TPSA) is 86.1 Å². The van der Waals surface area contributed by atoms with Gasteiger partial charge in [-0.25, -0.2) is 8.78 Å². The summed E-state index contributed by atoms with van der Waals surface area (Å²) < 4.78 is 35.6. The van der Waals surface area contributed by atoms with Crippen molar-refractivity contribution in [2.45, 2.75) is 66.9 Å². The fourth-order valence-corrected chi connectivity index (χ4v) is 6.94. The molecule has 2 aromatic heterocycles. The van der Waals surface area contributed by atoms with Crippen LogP contribution < -0.4 is 5.73 Å². The van der Waals surface area contributed by atoms with E-state index in [2.05, 4.69) is 5.10 Å². The zero-order valence-electron chi connectivity index (χ0n) is 24.1. The first-order valence-electron chi connectivity index (χ1n) is 14.9. The Bertz CT molecular complexity index is 1800. The lowest BCUT2D eigenvalue weighted by Crippen LogP contribution is -2.14. The van der Waals surface area contributed by atoms with Crippen LogP contribution in [0.5, 0.6) is 0 Å². The number of fused-ring (bicyclic) bond motifs is 1. The summed E-state index contributed by atoms with van der Waals surface area (Å²) >= 11 is 7.45. The SMILES string of the molecule is NCCCCCCn1cc(-n2c(C3CC3)c(Sc3cccc(C(=O)C(O)c4ccccc4)c3F)c3ccc(Cl)c(F)c32)cn1. The molecule has 1 aliphatic rings. The van der Waals surface area contributed by atoms with Crippen LogP contribution in [0.2, 0.25) is 5.02 Å². The van der Waals surface area contributed by atoms with E-state index in [1.807, 2.05) is 15.4 Å². The number of Topliss-reactive ketones (excluding diaryl/α,β-unsaturated/α-hetero) is 1. The highest BCUT2D eigenvalue weighted by molar-refractivity contribution is 7.99. The Labute approximate surface area is 263 Å². The van der Waals surface area contributed by atoms with Gasteiger partial charge in [0.1, 0.15) is 11.9 Å². The molecule has 3 aromatic carbocycles. The number of aliphatic hydroxyl groups is 1. The second-order valence-electron chi connectivity index (χ2n) is 11.1. The van der Waals surface area contributed by atoms with E-state index in [9.17, 15) is 9.90 Å². The number of unbranched alkanes of at least 4 members (excludes halogenated alkanes) is 3. The Morgan fingerprint density at radius 2 is 1.80 bits per heavy atom. The minimum atomic E-state index is -1.50.